The summed E-state index contributed by atoms with van der Waals surface area (Å²) in [6.45, 7) is 1.04. The van der Waals surface area contributed by atoms with Crippen molar-refractivity contribution in [3.63, 3.8) is 0 Å². The average Bonchev–Trinajstić information content (AvgIpc) is 3.15. The summed E-state index contributed by atoms with van der Waals surface area (Å²) in [5.41, 5.74) is 0.910. The summed E-state index contributed by atoms with van der Waals surface area (Å²) in [6.07, 6.45) is 1.24. The fourth-order valence-corrected chi connectivity index (χ4v) is 5.52. The maximum absolute atomic E-state index is 13.0. The van der Waals surface area contributed by atoms with E-state index >= 15 is 0 Å². The van der Waals surface area contributed by atoms with Gasteiger partial charge in [-0.05, 0) is 36.4 Å². The van der Waals surface area contributed by atoms with Crippen LogP contribution in [0.1, 0.15) is 19.3 Å². The zero-order chi connectivity index (χ0) is 21.1. The number of benzene rings is 2. The SMILES string of the molecule is O=C(CCS(=O)(=O)c1ccc(F)cc1)N1CCC(Oc2nc3ccccc3s2)CC1. The van der Waals surface area contributed by atoms with Gasteiger partial charge in [0.05, 0.1) is 20.9 Å². The number of hydrogen-bond acceptors (Lipinski definition) is 6. The van der Waals surface area contributed by atoms with Crippen LogP contribution in [0.4, 0.5) is 4.39 Å². The molecule has 0 unspecified atom stereocenters. The van der Waals surface area contributed by atoms with Crippen LogP contribution >= 0.6 is 11.3 Å². The Bertz CT molecular complexity index is 1100. The Kier molecular flexibility index (Phi) is 6.01. The number of carbonyl (C=O) groups excluding carboxylic acids is 1. The number of likely N-dealkylation sites (tertiary alicyclic amines) is 1. The zero-order valence-corrected chi connectivity index (χ0v) is 17.8. The van der Waals surface area contributed by atoms with Gasteiger partial charge in [-0.3, -0.25) is 4.79 Å². The quantitative estimate of drug-likeness (QED) is 0.538. The molecule has 0 N–H and O–H groups in total. The number of carbonyl (C=O) groups is 1. The first kappa shape index (κ1) is 20.7. The molecule has 0 spiro atoms. The lowest BCUT2D eigenvalue weighted by Gasteiger charge is -2.31. The Morgan fingerprint density at radius 2 is 1.83 bits per heavy atom. The Balaban J connectivity index is 1.27. The van der Waals surface area contributed by atoms with E-state index in [9.17, 15) is 17.6 Å². The molecule has 0 aliphatic carbocycles. The molecular formula is C21H21FN2O4S2. The van der Waals surface area contributed by atoms with Crippen molar-refractivity contribution >= 4 is 37.3 Å². The lowest BCUT2D eigenvalue weighted by molar-refractivity contribution is -0.132. The Morgan fingerprint density at radius 1 is 1.13 bits per heavy atom. The van der Waals surface area contributed by atoms with Crippen LogP contribution in [0, 0.1) is 5.82 Å². The van der Waals surface area contributed by atoms with Gasteiger partial charge in [0.2, 0.25) is 5.91 Å². The van der Waals surface area contributed by atoms with Crippen LogP contribution in [0.2, 0.25) is 0 Å². The minimum absolute atomic E-state index is 0.0161. The van der Waals surface area contributed by atoms with Crippen LogP contribution < -0.4 is 4.74 Å². The molecule has 0 atom stereocenters. The zero-order valence-electron chi connectivity index (χ0n) is 16.2. The van der Waals surface area contributed by atoms with Crippen LogP contribution in [-0.4, -0.2) is 49.2 Å². The highest BCUT2D eigenvalue weighted by atomic mass is 32.2. The molecule has 1 saturated heterocycles. The van der Waals surface area contributed by atoms with E-state index in [1.807, 2.05) is 24.3 Å². The highest BCUT2D eigenvalue weighted by Crippen LogP contribution is 2.29. The van der Waals surface area contributed by atoms with Crippen LogP contribution in [0.15, 0.2) is 53.4 Å². The molecule has 158 valence electrons. The monoisotopic (exact) mass is 448 g/mol. The molecular weight excluding hydrogens is 427 g/mol. The topological polar surface area (TPSA) is 76.6 Å². The van der Waals surface area contributed by atoms with E-state index in [0.29, 0.717) is 31.1 Å². The first-order chi connectivity index (χ1) is 14.4. The highest BCUT2D eigenvalue weighted by molar-refractivity contribution is 7.91. The second-order valence-electron chi connectivity index (χ2n) is 7.17. The summed E-state index contributed by atoms with van der Waals surface area (Å²) in [6, 6.07) is 12.5. The minimum atomic E-state index is -3.62. The molecule has 2 aromatic carbocycles. The first-order valence-electron chi connectivity index (χ1n) is 9.69. The molecule has 1 aromatic heterocycles. The fourth-order valence-electron chi connectivity index (χ4n) is 3.41. The molecule has 1 aliphatic rings. The van der Waals surface area contributed by atoms with Crippen molar-refractivity contribution in [2.24, 2.45) is 0 Å². The predicted octanol–water partition coefficient (Wildman–Crippen LogP) is 3.67. The van der Waals surface area contributed by atoms with Crippen molar-refractivity contribution in [2.45, 2.75) is 30.3 Å². The molecule has 0 saturated carbocycles. The molecule has 1 amide bonds. The number of para-hydroxylation sites is 1. The summed E-state index contributed by atoms with van der Waals surface area (Å²) >= 11 is 1.50. The predicted molar refractivity (Wildman–Crippen MR) is 113 cm³/mol. The van der Waals surface area contributed by atoms with E-state index in [1.54, 1.807) is 4.90 Å². The van der Waals surface area contributed by atoms with Gasteiger partial charge < -0.3 is 9.64 Å². The van der Waals surface area contributed by atoms with E-state index in [1.165, 1.54) is 23.5 Å². The molecule has 0 radical (unpaired) electrons. The third kappa shape index (κ3) is 4.79. The maximum Gasteiger partial charge on any atom is 0.274 e. The molecule has 6 nitrogen and oxygen atoms in total. The summed E-state index contributed by atoms with van der Waals surface area (Å²) in [4.78, 5) is 18.6. The lowest BCUT2D eigenvalue weighted by atomic mass is 10.1. The van der Waals surface area contributed by atoms with Crippen molar-refractivity contribution in [3.05, 3.63) is 54.3 Å². The molecule has 3 aromatic rings. The Morgan fingerprint density at radius 3 is 2.53 bits per heavy atom. The van der Waals surface area contributed by atoms with Gasteiger partial charge in [-0.15, -0.1) is 0 Å². The molecule has 30 heavy (non-hydrogen) atoms. The van der Waals surface area contributed by atoms with Crippen molar-refractivity contribution in [1.29, 1.82) is 0 Å². The van der Waals surface area contributed by atoms with E-state index in [2.05, 4.69) is 4.98 Å². The second kappa shape index (κ2) is 8.69. The summed E-state index contributed by atoms with van der Waals surface area (Å²) in [7, 11) is -3.62. The van der Waals surface area contributed by atoms with E-state index in [4.69, 9.17) is 4.74 Å². The highest BCUT2D eigenvalue weighted by Gasteiger charge is 2.26. The summed E-state index contributed by atoms with van der Waals surface area (Å²) in [5, 5.41) is 0.631. The number of ether oxygens (including phenoxy) is 1. The number of rotatable bonds is 6. The number of halogens is 1. The van der Waals surface area contributed by atoms with Crippen LogP contribution in [-0.2, 0) is 14.6 Å². The first-order valence-corrected chi connectivity index (χ1v) is 12.2. The smallest absolute Gasteiger partial charge is 0.274 e. The number of aromatic nitrogens is 1. The third-order valence-electron chi connectivity index (χ3n) is 5.09. The molecule has 2 heterocycles. The van der Waals surface area contributed by atoms with Gasteiger partial charge in [-0.1, -0.05) is 23.5 Å². The van der Waals surface area contributed by atoms with Gasteiger partial charge in [0.15, 0.2) is 9.84 Å². The summed E-state index contributed by atoms with van der Waals surface area (Å²) < 4.78 is 44.7. The van der Waals surface area contributed by atoms with Crippen molar-refractivity contribution in [1.82, 2.24) is 9.88 Å². The van der Waals surface area contributed by atoms with Gasteiger partial charge in [0, 0.05) is 32.4 Å². The second-order valence-corrected chi connectivity index (χ2v) is 10.3. The molecule has 1 aliphatic heterocycles. The van der Waals surface area contributed by atoms with Gasteiger partial charge >= 0.3 is 0 Å². The normalized spacial score (nSPS) is 15.4. The van der Waals surface area contributed by atoms with Gasteiger partial charge in [-0.25, -0.2) is 17.8 Å². The number of nitrogens with zero attached hydrogens (tertiary/aromatic N) is 2. The minimum Gasteiger partial charge on any atom is -0.467 e. The number of hydrogen-bond donors (Lipinski definition) is 0. The number of sulfone groups is 1. The van der Waals surface area contributed by atoms with Crippen molar-refractivity contribution in [3.8, 4) is 5.19 Å². The molecule has 9 heteroatoms. The third-order valence-corrected chi connectivity index (χ3v) is 7.75. The lowest BCUT2D eigenvalue weighted by Crippen LogP contribution is -2.42. The van der Waals surface area contributed by atoms with Crippen molar-refractivity contribution < 1.29 is 22.3 Å². The Labute approximate surface area is 178 Å². The standard InChI is InChI=1S/C21H21FN2O4S2/c22-15-5-7-17(8-6-15)30(26,27)14-11-20(25)24-12-9-16(10-13-24)28-21-23-18-3-1-2-4-19(18)29-21/h1-8,16H,9-14H2. The van der Waals surface area contributed by atoms with E-state index in [-0.39, 0.29) is 29.1 Å². The van der Waals surface area contributed by atoms with Gasteiger partial charge in [-0.2, -0.15) is 0 Å². The number of fused-ring (bicyclic) bond motifs is 1. The number of thiazole rings is 1. The van der Waals surface area contributed by atoms with E-state index in [0.717, 1.165) is 22.3 Å². The van der Waals surface area contributed by atoms with Crippen LogP contribution in [0.3, 0.4) is 0 Å². The molecule has 1 fully saturated rings. The largest absolute Gasteiger partial charge is 0.467 e. The van der Waals surface area contributed by atoms with Gasteiger partial charge in [0.25, 0.3) is 5.19 Å². The van der Waals surface area contributed by atoms with E-state index < -0.39 is 15.7 Å². The fraction of sp³-hybridized carbons (Fsp3) is 0.333. The van der Waals surface area contributed by atoms with Gasteiger partial charge in [0.1, 0.15) is 11.9 Å². The summed E-state index contributed by atoms with van der Waals surface area (Å²) in [5.74, 6) is -0.986. The van der Waals surface area contributed by atoms with Crippen molar-refractivity contribution in [2.75, 3.05) is 18.8 Å². The maximum atomic E-state index is 13.0. The number of amides is 1. The van der Waals surface area contributed by atoms with Crippen LogP contribution in [0.5, 0.6) is 5.19 Å². The molecule has 4 rings (SSSR count). The molecule has 0 bridgehead atoms. The average molecular weight is 449 g/mol. The number of piperidine rings is 1. The Hall–Kier alpha value is -2.52. The van der Waals surface area contributed by atoms with Crippen LogP contribution in [0.25, 0.3) is 10.2 Å².